The summed E-state index contributed by atoms with van der Waals surface area (Å²) in [5.74, 6) is -0.0499. The fourth-order valence-electron chi connectivity index (χ4n) is 2.25. The maximum Gasteiger partial charge on any atom is 0.245 e. The van der Waals surface area contributed by atoms with E-state index in [9.17, 15) is 4.79 Å². The first kappa shape index (κ1) is 17.0. The van der Waals surface area contributed by atoms with Crippen LogP contribution in [0, 0.1) is 13.8 Å². The minimum absolute atomic E-state index is 0.0499. The quantitative estimate of drug-likeness (QED) is 0.884. The van der Waals surface area contributed by atoms with Gasteiger partial charge in [0.05, 0.1) is 6.04 Å². The monoisotopic (exact) mass is 311 g/mol. The Kier molecular flexibility index (Phi) is 5.04. The number of benzene rings is 1. The minimum atomic E-state index is -0.707. The number of amides is 1. The fraction of sp³-hybridized carbons (Fsp3) is 0.368. The molecule has 4 heteroatoms. The molecule has 1 aromatic carbocycles. The zero-order valence-corrected chi connectivity index (χ0v) is 14.5. The van der Waals surface area contributed by atoms with Gasteiger partial charge in [0.25, 0.3) is 0 Å². The lowest BCUT2D eigenvalue weighted by atomic mass is 10.0. The first-order valence-corrected chi connectivity index (χ1v) is 7.86. The molecular weight excluding hydrogens is 286 g/mol. The molecule has 2 aromatic rings. The Morgan fingerprint density at radius 3 is 2.30 bits per heavy atom. The van der Waals surface area contributed by atoms with E-state index in [0.717, 1.165) is 16.9 Å². The Balaban J connectivity index is 2.02. The van der Waals surface area contributed by atoms with Crippen LogP contribution in [0.5, 0.6) is 0 Å². The molecular formula is C19H25N3O. The van der Waals surface area contributed by atoms with Gasteiger partial charge in [-0.1, -0.05) is 23.8 Å². The first-order chi connectivity index (χ1) is 10.8. The summed E-state index contributed by atoms with van der Waals surface area (Å²) in [7, 11) is 0. The Morgan fingerprint density at radius 2 is 1.74 bits per heavy atom. The number of aromatic nitrogens is 1. The summed E-state index contributed by atoms with van der Waals surface area (Å²) in [6.07, 6.45) is 1.81. The number of carbonyl (C=O) groups excluding carboxylic acids is 1. The maximum atomic E-state index is 12.6. The predicted octanol–water partition coefficient (Wildman–Crippen LogP) is 3.77. The van der Waals surface area contributed by atoms with E-state index in [1.54, 1.807) is 6.20 Å². The van der Waals surface area contributed by atoms with E-state index < -0.39 is 5.54 Å². The highest BCUT2D eigenvalue weighted by Gasteiger charge is 2.28. The second-order valence-corrected chi connectivity index (χ2v) is 6.54. The van der Waals surface area contributed by atoms with Crippen molar-refractivity contribution in [1.29, 1.82) is 0 Å². The highest BCUT2D eigenvalue weighted by Crippen LogP contribution is 2.18. The van der Waals surface area contributed by atoms with Crippen LogP contribution in [0.4, 0.5) is 5.69 Å². The van der Waals surface area contributed by atoms with Gasteiger partial charge in [-0.25, -0.2) is 0 Å². The molecule has 0 saturated carbocycles. The van der Waals surface area contributed by atoms with Gasteiger partial charge in [-0.2, -0.15) is 0 Å². The van der Waals surface area contributed by atoms with Gasteiger partial charge in [0.2, 0.25) is 5.91 Å². The van der Waals surface area contributed by atoms with Crippen LogP contribution < -0.4 is 10.6 Å². The number of pyridine rings is 1. The van der Waals surface area contributed by atoms with Crippen molar-refractivity contribution in [3.05, 3.63) is 59.4 Å². The van der Waals surface area contributed by atoms with Gasteiger partial charge in [-0.15, -0.1) is 0 Å². The van der Waals surface area contributed by atoms with Crippen molar-refractivity contribution in [1.82, 2.24) is 10.3 Å². The minimum Gasteiger partial charge on any atom is -0.372 e. The number of hydrogen-bond donors (Lipinski definition) is 2. The summed E-state index contributed by atoms with van der Waals surface area (Å²) < 4.78 is 0. The molecule has 0 fully saturated rings. The number of carbonyl (C=O) groups is 1. The zero-order valence-electron chi connectivity index (χ0n) is 14.5. The topological polar surface area (TPSA) is 54.0 Å². The number of rotatable bonds is 5. The van der Waals surface area contributed by atoms with Crippen molar-refractivity contribution in [3.8, 4) is 0 Å². The molecule has 0 spiro atoms. The summed E-state index contributed by atoms with van der Waals surface area (Å²) >= 11 is 0. The van der Waals surface area contributed by atoms with Crippen LogP contribution >= 0.6 is 0 Å². The van der Waals surface area contributed by atoms with Crippen LogP contribution in [0.3, 0.4) is 0 Å². The van der Waals surface area contributed by atoms with Crippen molar-refractivity contribution in [3.63, 3.8) is 0 Å². The molecule has 2 N–H and O–H groups in total. The van der Waals surface area contributed by atoms with E-state index in [2.05, 4.69) is 15.6 Å². The Hall–Kier alpha value is -2.36. The smallest absolute Gasteiger partial charge is 0.245 e. The second-order valence-electron chi connectivity index (χ2n) is 6.54. The molecule has 1 amide bonds. The van der Waals surface area contributed by atoms with E-state index in [-0.39, 0.29) is 11.9 Å². The van der Waals surface area contributed by atoms with Crippen molar-refractivity contribution in [2.45, 2.75) is 46.2 Å². The normalized spacial score (nSPS) is 12.6. The molecule has 4 nitrogen and oxygen atoms in total. The molecule has 0 aliphatic rings. The zero-order chi connectivity index (χ0) is 17.0. The van der Waals surface area contributed by atoms with Gasteiger partial charge in [-0.05, 0) is 58.4 Å². The second kappa shape index (κ2) is 6.82. The van der Waals surface area contributed by atoms with Gasteiger partial charge in [-0.3, -0.25) is 9.78 Å². The lowest BCUT2D eigenvalue weighted by Gasteiger charge is -2.28. The lowest BCUT2D eigenvalue weighted by molar-refractivity contribution is -0.125. The Bertz CT molecular complexity index is 660. The van der Waals surface area contributed by atoms with Crippen LogP contribution in [0.15, 0.2) is 42.6 Å². The average Bonchev–Trinajstić information content (AvgIpc) is 2.50. The van der Waals surface area contributed by atoms with Gasteiger partial charge >= 0.3 is 0 Å². The van der Waals surface area contributed by atoms with Crippen molar-refractivity contribution < 1.29 is 4.79 Å². The first-order valence-electron chi connectivity index (χ1n) is 7.86. The summed E-state index contributed by atoms with van der Waals surface area (Å²) in [6.45, 7) is 9.71. The molecule has 1 heterocycles. The van der Waals surface area contributed by atoms with Gasteiger partial charge in [0.1, 0.15) is 5.54 Å². The van der Waals surface area contributed by atoms with Crippen LogP contribution in [0.1, 0.15) is 43.6 Å². The van der Waals surface area contributed by atoms with Crippen molar-refractivity contribution in [2.75, 3.05) is 5.32 Å². The highest BCUT2D eigenvalue weighted by molar-refractivity contribution is 5.88. The molecule has 0 radical (unpaired) electrons. The number of nitrogens with one attached hydrogen (secondary N) is 2. The Morgan fingerprint density at radius 1 is 1.09 bits per heavy atom. The summed E-state index contributed by atoms with van der Waals surface area (Å²) in [4.78, 5) is 16.9. The molecule has 2 rings (SSSR count). The molecule has 0 aliphatic heterocycles. The van der Waals surface area contributed by atoms with Gasteiger partial charge in [0, 0.05) is 17.6 Å². The third-order valence-electron chi connectivity index (χ3n) is 3.86. The third-order valence-corrected chi connectivity index (χ3v) is 3.86. The van der Waals surface area contributed by atoms with E-state index >= 15 is 0 Å². The van der Waals surface area contributed by atoms with E-state index in [0.29, 0.717) is 0 Å². The van der Waals surface area contributed by atoms with Crippen LogP contribution in [-0.2, 0) is 4.79 Å². The van der Waals surface area contributed by atoms with Crippen LogP contribution in [-0.4, -0.2) is 16.4 Å². The fourth-order valence-corrected chi connectivity index (χ4v) is 2.25. The van der Waals surface area contributed by atoms with Crippen molar-refractivity contribution in [2.24, 2.45) is 0 Å². The standard InChI is InChI=1S/C19H25N3O/c1-13-6-10-17(11-7-13)22-19(4,5)18(23)21-15(3)16-9-8-14(2)20-12-16/h6-12,15,22H,1-5H3,(H,21,23). The van der Waals surface area contributed by atoms with E-state index in [1.807, 2.05) is 71.0 Å². The molecule has 0 bridgehead atoms. The summed E-state index contributed by atoms with van der Waals surface area (Å²) in [6, 6.07) is 11.9. The molecule has 1 unspecified atom stereocenters. The number of aryl methyl sites for hydroxylation is 2. The molecule has 1 aromatic heterocycles. The predicted molar refractivity (Wildman–Crippen MR) is 94.4 cm³/mol. The number of anilines is 1. The van der Waals surface area contributed by atoms with Crippen LogP contribution in [0.2, 0.25) is 0 Å². The molecule has 0 saturated heterocycles. The maximum absolute atomic E-state index is 12.6. The lowest BCUT2D eigenvalue weighted by Crippen LogP contribution is -2.48. The highest BCUT2D eigenvalue weighted by atomic mass is 16.2. The van der Waals surface area contributed by atoms with Crippen molar-refractivity contribution >= 4 is 11.6 Å². The van der Waals surface area contributed by atoms with E-state index in [4.69, 9.17) is 0 Å². The van der Waals surface area contributed by atoms with E-state index in [1.165, 1.54) is 5.56 Å². The SMILES string of the molecule is Cc1ccc(NC(C)(C)C(=O)NC(C)c2ccc(C)nc2)cc1. The Labute approximate surface area is 138 Å². The summed E-state index contributed by atoms with van der Waals surface area (Å²) in [5.41, 5.74) is 3.38. The third kappa shape index (κ3) is 4.55. The van der Waals surface area contributed by atoms with Gasteiger partial charge in [0.15, 0.2) is 0 Å². The number of nitrogens with zero attached hydrogens (tertiary/aromatic N) is 1. The summed E-state index contributed by atoms with van der Waals surface area (Å²) in [5, 5.41) is 6.33. The molecule has 1 atom stereocenters. The van der Waals surface area contributed by atoms with Gasteiger partial charge < -0.3 is 10.6 Å². The largest absolute Gasteiger partial charge is 0.372 e. The molecule has 0 aliphatic carbocycles. The number of hydrogen-bond acceptors (Lipinski definition) is 3. The molecule has 122 valence electrons. The molecule has 23 heavy (non-hydrogen) atoms. The van der Waals surface area contributed by atoms with Crippen LogP contribution in [0.25, 0.3) is 0 Å². The average molecular weight is 311 g/mol.